The van der Waals surface area contributed by atoms with Crippen LogP contribution in [0.15, 0.2) is 58.6 Å². The van der Waals surface area contributed by atoms with Crippen molar-refractivity contribution in [1.29, 1.82) is 0 Å². The second-order valence-electron chi connectivity index (χ2n) is 6.83. The molecule has 1 saturated heterocycles. The van der Waals surface area contributed by atoms with Crippen molar-refractivity contribution in [3.63, 3.8) is 0 Å². The standard InChI is InChI=1S/C23H24BrNO5/c1-3-30-13-5-12-25-20(16-6-4-7-17(24)14-16)19(22(27)23(25)28)21(26)15-8-10-18(29-2)11-9-15/h4,6-11,14,20,26H,3,5,12-13H2,1-2H3. The molecule has 2 aromatic carbocycles. The van der Waals surface area contributed by atoms with Crippen molar-refractivity contribution in [2.24, 2.45) is 0 Å². The minimum Gasteiger partial charge on any atom is -0.507 e. The number of amides is 1. The van der Waals surface area contributed by atoms with Crippen molar-refractivity contribution in [2.45, 2.75) is 19.4 Å². The lowest BCUT2D eigenvalue weighted by Gasteiger charge is -2.25. The monoisotopic (exact) mass is 473 g/mol. The number of benzene rings is 2. The van der Waals surface area contributed by atoms with Crippen LogP contribution in [0.2, 0.25) is 0 Å². The highest BCUT2D eigenvalue weighted by Crippen LogP contribution is 2.40. The van der Waals surface area contributed by atoms with Gasteiger partial charge in [0, 0.05) is 29.8 Å². The molecule has 0 radical (unpaired) electrons. The van der Waals surface area contributed by atoms with E-state index in [0.717, 1.165) is 10.0 Å². The predicted octanol–water partition coefficient (Wildman–Crippen LogP) is 4.31. The van der Waals surface area contributed by atoms with E-state index in [-0.39, 0.29) is 11.3 Å². The van der Waals surface area contributed by atoms with E-state index in [4.69, 9.17) is 9.47 Å². The molecule has 1 atom stereocenters. The quantitative estimate of drug-likeness (QED) is 0.267. The lowest BCUT2D eigenvalue weighted by molar-refractivity contribution is -0.140. The van der Waals surface area contributed by atoms with Gasteiger partial charge in [-0.2, -0.15) is 0 Å². The van der Waals surface area contributed by atoms with Gasteiger partial charge in [-0.25, -0.2) is 0 Å². The van der Waals surface area contributed by atoms with Crippen LogP contribution in [0.3, 0.4) is 0 Å². The number of likely N-dealkylation sites (tertiary alicyclic amines) is 1. The second kappa shape index (κ2) is 9.91. The van der Waals surface area contributed by atoms with E-state index in [1.807, 2.05) is 31.2 Å². The van der Waals surface area contributed by atoms with Crippen molar-refractivity contribution < 1.29 is 24.2 Å². The van der Waals surface area contributed by atoms with Crippen molar-refractivity contribution in [3.8, 4) is 5.75 Å². The number of nitrogens with zero attached hydrogens (tertiary/aromatic N) is 1. The molecule has 1 aliphatic rings. The van der Waals surface area contributed by atoms with Crippen molar-refractivity contribution >= 4 is 33.4 Å². The molecule has 0 aromatic heterocycles. The molecule has 0 bridgehead atoms. The lowest BCUT2D eigenvalue weighted by atomic mass is 9.95. The van der Waals surface area contributed by atoms with Gasteiger partial charge in [-0.1, -0.05) is 28.1 Å². The van der Waals surface area contributed by atoms with Crippen molar-refractivity contribution in [3.05, 3.63) is 69.7 Å². The molecule has 2 aromatic rings. The van der Waals surface area contributed by atoms with E-state index < -0.39 is 17.7 Å². The molecule has 6 nitrogen and oxygen atoms in total. The molecule has 1 N–H and O–H groups in total. The molecule has 0 spiro atoms. The number of carbonyl (C=O) groups is 2. The fourth-order valence-corrected chi connectivity index (χ4v) is 3.94. The summed E-state index contributed by atoms with van der Waals surface area (Å²) in [6, 6.07) is 13.4. The molecule has 1 amide bonds. The van der Waals surface area contributed by atoms with Gasteiger partial charge in [0.05, 0.1) is 18.7 Å². The van der Waals surface area contributed by atoms with E-state index in [2.05, 4.69) is 15.9 Å². The highest BCUT2D eigenvalue weighted by molar-refractivity contribution is 9.10. The predicted molar refractivity (Wildman–Crippen MR) is 117 cm³/mol. The van der Waals surface area contributed by atoms with E-state index in [9.17, 15) is 14.7 Å². The van der Waals surface area contributed by atoms with Crippen molar-refractivity contribution in [2.75, 3.05) is 26.9 Å². The Kier molecular flexibility index (Phi) is 7.29. The molecule has 1 heterocycles. The summed E-state index contributed by atoms with van der Waals surface area (Å²) in [5.41, 5.74) is 1.28. The van der Waals surface area contributed by atoms with Crippen LogP contribution >= 0.6 is 15.9 Å². The fraction of sp³-hybridized carbons (Fsp3) is 0.304. The Morgan fingerprint density at radius 3 is 2.53 bits per heavy atom. The van der Waals surface area contributed by atoms with Gasteiger partial charge in [0.1, 0.15) is 11.5 Å². The maximum atomic E-state index is 12.9. The number of rotatable bonds is 8. The zero-order chi connectivity index (χ0) is 21.7. The molecule has 7 heteroatoms. The van der Waals surface area contributed by atoms with Crippen LogP contribution in [0.1, 0.15) is 30.5 Å². The number of aliphatic hydroxyl groups excluding tert-OH is 1. The third-order valence-corrected chi connectivity index (χ3v) is 5.45. The topological polar surface area (TPSA) is 76.1 Å². The highest BCUT2D eigenvalue weighted by atomic mass is 79.9. The smallest absolute Gasteiger partial charge is 0.295 e. The lowest BCUT2D eigenvalue weighted by Crippen LogP contribution is -2.31. The number of aliphatic hydroxyl groups is 1. The maximum Gasteiger partial charge on any atom is 0.295 e. The number of halogens is 1. The molecule has 0 saturated carbocycles. The average molecular weight is 474 g/mol. The van der Waals surface area contributed by atoms with Crippen LogP contribution < -0.4 is 4.74 Å². The summed E-state index contributed by atoms with van der Waals surface area (Å²) in [5, 5.41) is 11.0. The van der Waals surface area contributed by atoms with Crippen LogP contribution in [0.25, 0.3) is 5.76 Å². The molecule has 1 aliphatic heterocycles. The number of ether oxygens (including phenoxy) is 2. The Labute approximate surface area is 184 Å². The number of hydrogen-bond acceptors (Lipinski definition) is 5. The van der Waals surface area contributed by atoms with Gasteiger partial charge >= 0.3 is 0 Å². The van der Waals surface area contributed by atoms with E-state index in [1.54, 1.807) is 31.4 Å². The van der Waals surface area contributed by atoms with Crippen molar-refractivity contribution in [1.82, 2.24) is 4.90 Å². The second-order valence-corrected chi connectivity index (χ2v) is 7.74. The molecular formula is C23H24BrNO5. The zero-order valence-corrected chi connectivity index (χ0v) is 18.5. The normalized spacial score (nSPS) is 18.1. The van der Waals surface area contributed by atoms with Crippen LogP contribution in [0.4, 0.5) is 0 Å². The summed E-state index contributed by atoms with van der Waals surface area (Å²) in [7, 11) is 1.55. The van der Waals surface area contributed by atoms with Gasteiger partial charge in [0.2, 0.25) is 0 Å². The Bertz CT molecular complexity index is 954. The Balaban J connectivity index is 2.06. The van der Waals surface area contributed by atoms with Crippen LogP contribution in [-0.4, -0.2) is 48.6 Å². The van der Waals surface area contributed by atoms with Crippen LogP contribution in [0, 0.1) is 0 Å². The summed E-state index contributed by atoms with van der Waals surface area (Å²) in [5.74, 6) is -0.879. The van der Waals surface area contributed by atoms with E-state index in [0.29, 0.717) is 37.5 Å². The van der Waals surface area contributed by atoms with E-state index in [1.165, 1.54) is 4.90 Å². The summed E-state index contributed by atoms with van der Waals surface area (Å²) in [6.07, 6.45) is 0.591. The molecular weight excluding hydrogens is 450 g/mol. The summed E-state index contributed by atoms with van der Waals surface area (Å²) < 4.78 is 11.4. The first kappa shape index (κ1) is 22.1. The zero-order valence-electron chi connectivity index (χ0n) is 16.9. The average Bonchev–Trinajstić information content (AvgIpc) is 3.01. The van der Waals surface area contributed by atoms with Gasteiger partial charge in [-0.3, -0.25) is 9.59 Å². The summed E-state index contributed by atoms with van der Waals surface area (Å²) in [4.78, 5) is 27.3. The van der Waals surface area contributed by atoms with Gasteiger partial charge in [-0.05, 0) is 55.3 Å². The highest BCUT2D eigenvalue weighted by Gasteiger charge is 2.45. The molecule has 3 rings (SSSR count). The van der Waals surface area contributed by atoms with E-state index >= 15 is 0 Å². The fourth-order valence-electron chi connectivity index (χ4n) is 3.52. The minimum atomic E-state index is -0.690. The molecule has 158 valence electrons. The largest absolute Gasteiger partial charge is 0.507 e. The number of hydrogen-bond donors (Lipinski definition) is 1. The van der Waals surface area contributed by atoms with Crippen LogP contribution in [-0.2, 0) is 14.3 Å². The molecule has 30 heavy (non-hydrogen) atoms. The van der Waals surface area contributed by atoms with Crippen LogP contribution in [0.5, 0.6) is 5.75 Å². The third-order valence-electron chi connectivity index (χ3n) is 4.96. The Morgan fingerprint density at radius 1 is 1.17 bits per heavy atom. The third kappa shape index (κ3) is 4.57. The first-order valence-electron chi connectivity index (χ1n) is 9.74. The number of Topliss-reactive ketones (excluding diaryl/α,β-unsaturated/α-hetero) is 1. The van der Waals surface area contributed by atoms with Gasteiger partial charge in [-0.15, -0.1) is 0 Å². The maximum absolute atomic E-state index is 12.9. The van der Waals surface area contributed by atoms with Gasteiger partial charge < -0.3 is 19.5 Å². The Hall–Kier alpha value is -2.64. The minimum absolute atomic E-state index is 0.0830. The first-order valence-corrected chi connectivity index (χ1v) is 10.5. The number of ketones is 1. The first-order chi connectivity index (χ1) is 14.5. The summed E-state index contributed by atoms with van der Waals surface area (Å²) >= 11 is 3.45. The molecule has 0 aliphatic carbocycles. The number of carbonyl (C=O) groups excluding carboxylic acids is 2. The van der Waals surface area contributed by atoms with Gasteiger partial charge in [0.25, 0.3) is 11.7 Å². The SMILES string of the molecule is CCOCCCN1C(=O)C(=O)C(=C(O)c2ccc(OC)cc2)C1c1cccc(Br)c1. The molecule has 1 fully saturated rings. The number of methoxy groups -OCH3 is 1. The Morgan fingerprint density at radius 2 is 1.90 bits per heavy atom. The summed E-state index contributed by atoms with van der Waals surface area (Å²) in [6.45, 7) is 3.33. The molecule has 1 unspecified atom stereocenters. The van der Waals surface area contributed by atoms with Gasteiger partial charge in [0.15, 0.2) is 0 Å².